The molecule has 0 aromatic heterocycles. The maximum absolute atomic E-state index is 2.37. The van der Waals surface area contributed by atoms with Gasteiger partial charge in [0.25, 0.3) is 0 Å². The highest BCUT2D eigenvalue weighted by Crippen LogP contribution is 2.41. The zero-order valence-electron chi connectivity index (χ0n) is 7.88. The van der Waals surface area contributed by atoms with Gasteiger partial charge in [-0.25, -0.2) is 0 Å². The molecular formula is C11H16N+. The van der Waals surface area contributed by atoms with E-state index in [0.29, 0.717) is 5.41 Å². The minimum Gasteiger partial charge on any atom is -0.174 e. The summed E-state index contributed by atoms with van der Waals surface area (Å²) in [5.41, 5.74) is 1.91. The standard InChI is InChI=1S/C11H16N/c1-3-6-11(2)7-9-12-8-4-5-10(11)12/h4-5,8-9H,3,6-7H2,1-2H3/q+1. The third-order valence-electron chi connectivity index (χ3n) is 2.94. The molecule has 2 rings (SSSR count). The predicted octanol–water partition coefficient (Wildman–Crippen LogP) is 2.69. The van der Waals surface area contributed by atoms with Gasteiger partial charge in [-0.3, -0.25) is 0 Å². The Hall–Kier alpha value is -0.850. The van der Waals surface area contributed by atoms with Crippen LogP contribution >= 0.6 is 0 Å². The van der Waals surface area contributed by atoms with Crippen molar-refractivity contribution in [3.05, 3.63) is 24.0 Å². The number of allylic oxidation sites excluding steroid dienone is 3. The molecule has 2 heterocycles. The average Bonchev–Trinajstić information content (AvgIpc) is 2.57. The van der Waals surface area contributed by atoms with Crippen LogP contribution in [0, 0.1) is 5.41 Å². The summed E-state index contributed by atoms with van der Waals surface area (Å²) in [6.45, 7) is 4.63. The molecule has 2 aliphatic heterocycles. The fraction of sp³-hybridized carbons (Fsp3) is 0.545. The fourth-order valence-corrected chi connectivity index (χ4v) is 2.25. The van der Waals surface area contributed by atoms with E-state index in [4.69, 9.17) is 0 Å². The number of hydrogen-bond donors (Lipinski definition) is 0. The summed E-state index contributed by atoms with van der Waals surface area (Å²) in [4.78, 5) is 0. The minimum absolute atomic E-state index is 0.415. The quantitative estimate of drug-likeness (QED) is 0.549. The Balaban J connectivity index is 2.25. The van der Waals surface area contributed by atoms with Gasteiger partial charge in [0.1, 0.15) is 0 Å². The molecule has 0 aromatic rings. The highest BCUT2D eigenvalue weighted by atomic mass is 15.0. The van der Waals surface area contributed by atoms with E-state index in [1.165, 1.54) is 25.0 Å². The van der Waals surface area contributed by atoms with Crippen molar-refractivity contribution in [1.82, 2.24) is 0 Å². The third-order valence-corrected chi connectivity index (χ3v) is 2.94. The van der Waals surface area contributed by atoms with Crippen LogP contribution in [-0.4, -0.2) is 10.8 Å². The third kappa shape index (κ3) is 0.961. The molecule has 1 heteroatoms. The molecule has 12 heavy (non-hydrogen) atoms. The second-order valence-corrected chi connectivity index (χ2v) is 4.00. The Morgan fingerprint density at radius 2 is 2.42 bits per heavy atom. The van der Waals surface area contributed by atoms with E-state index in [9.17, 15) is 0 Å². The van der Waals surface area contributed by atoms with E-state index < -0.39 is 0 Å². The topological polar surface area (TPSA) is 3.01 Å². The maximum atomic E-state index is 2.37. The van der Waals surface area contributed by atoms with E-state index >= 15 is 0 Å². The molecule has 2 aliphatic rings. The Bertz CT molecular complexity index is 283. The zero-order chi connectivity index (χ0) is 8.60. The molecule has 0 saturated heterocycles. The first-order valence-corrected chi connectivity index (χ1v) is 4.77. The monoisotopic (exact) mass is 162 g/mol. The van der Waals surface area contributed by atoms with Crippen molar-refractivity contribution in [3.63, 3.8) is 0 Å². The first-order valence-electron chi connectivity index (χ1n) is 4.77. The van der Waals surface area contributed by atoms with Crippen molar-refractivity contribution in [1.29, 1.82) is 0 Å². The summed E-state index contributed by atoms with van der Waals surface area (Å²) in [6.07, 6.45) is 12.6. The summed E-state index contributed by atoms with van der Waals surface area (Å²) in [7, 11) is 0. The molecule has 64 valence electrons. The van der Waals surface area contributed by atoms with Crippen molar-refractivity contribution in [2.45, 2.75) is 33.1 Å². The summed E-state index contributed by atoms with van der Waals surface area (Å²) in [6, 6.07) is 0. The van der Waals surface area contributed by atoms with Crippen molar-refractivity contribution < 1.29 is 4.58 Å². The van der Waals surface area contributed by atoms with E-state index in [1.54, 1.807) is 0 Å². The van der Waals surface area contributed by atoms with Crippen molar-refractivity contribution in [2.24, 2.45) is 5.41 Å². The van der Waals surface area contributed by atoms with Crippen molar-refractivity contribution in [3.8, 4) is 0 Å². The Labute approximate surface area is 74.1 Å². The largest absolute Gasteiger partial charge is 0.193 e. The normalized spacial score (nSPS) is 31.8. The number of rotatable bonds is 2. The van der Waals surface area contributed by atoms with Gasteiger partial charge in [-0.2, -0.15) is 4.58 Å². The summed E-state index contributed by atoms with van der Waals surface area (Å²) >= 11 is 0. The van der Waals surface area contributed by atoms with Crippen molar-refractivity contribution >= 4 is 6.21 Å². The number of hydrogen-bond acceptors (Lipinski definition) is 0. The van der Waals surface area contributed by atoms with Gasteiger partial charge >= 0.3 is 0 Å². The molecule has 0 spiro atoms. The number of fused-ring (bicyclic) bond motifs is 1. The molecule has 0 fully saturated rings. The lowest BCUT2D eigenvalue weighted by Crippen LogP contribution is -2.16. The second-order valence-electron chi connectivity index (χ2n) is 4.00. The van der Waals surface area contributed by atoms with Gasteiger partial charge in [-0.1, -0.05) is 13.3 Å². The summed E-state index contributed by atoms with van der Waals surface area (Å²) in [5.74, 6) is 0. The molecule has 0 bridgehead atoms. The molecule has 0 amide bonds. The van der Waals surface area contributed by atoms with Gasteiger partial charge in [0.15, 0.2) is 18.1 Å². The number of nitrogens with zero attached hydrogens (tertiary/aromatic N) is 1. The fourth-order valence-electron chi connectivity index (χ4n) is 2.25. The van der Waals surface area contributed by atoms with Crippen LogP contribution in [0.5, 0.6) is 0 Å². The Morgan fingerprint density at radius 1 is 1.58 bits per heavy atom. The van der Waals surface area contributed by atoms with Gasteiger partial charge < -0.3 is 0 Å². The molecular weight excluding hydrogens is 146 g/mol. The van der Waals surface area contributed by atoms with Crippen LogP contribution < -0.4 is 0 Å². The van der Waals surface area contributed by atoms with E-state index in [0.717, 1.165) is 0 Å². The predicted molar refractivity (Wildman–Crippen MR) is 51.2 cm³/mol. The van der Waals surface area contributed by atoms with Gasteiger partial charge in [-0.15, -0.1) is 0 Å². The summed E-state index contributed by atoms with van der Waals surface area (Å²) in [5, 5.41) is 0. The highest BCUT2D eigenvalue weighted by molar-refractivity contribution is 5.59. The SMILES string of the molecule is CCCC1(C)CC=[N+]2C=CC=C21. The van der Waals surface area contributed by atoms with E-state index in [-0.39, 0.29) is 0 Å². The van der Waals surface area contributed by atoms with Crippen LogP contribution in [0.1, 0.15) is 33.1 Å². The zero-order valence-corrected chi connectivity index (χ0v) is 7.88. The van der Waals surface area contributed by atoms with Gasteiger partial charge in [0.05, 0.1) is 5.41 Å². The van der Waals surface area contributed by atoms with Crippen LogP contribution in [-0.2, 0) is 0 Å². The molecule has 0 N–H and O–H groups in total. The van der Waals surface area contributed by atoms with Crippen LogP contribution in [0.4, 0.5) is 0 Å². The lowest BCUT2D eigenvalue weighted by atomic mass is 9.81. The minimum atomic E-state index is 0.415. The average molecular weight is 162 g/mol. The Morgan fingerprint density at radius 3 is 3.17 bits per heavy atom. The molecule has 0 aromatic carbocycles. The highest BCUT2D eigenvalue weighted by Gasteiger charge is 2.41. The Kier molecular flexibility index (Phi) is 1.67. The molecule has 1 unspecified atom stereocenters. The molecule has 0 aliphatic carbocycles. The first-order chi connectivity index (χ1) is 5.76. The lowest BCUT2D eigenvalue weighted by molar-refractivity contribution is -0.395. The lowest BCUT2D eigenvalue weighted by Gasteiger charge is -2.18. The van der Waals surface area contributed by atoms with Crippen molar-refractivity contribution in [2.75, 3.05) is 0 Å². The van der Waals surface area contributed by atoms with E-state index in [1.807, 2.05) is 0 Å². The van der Waals surface area contributed by atoms with Crippen LogP contribution in [0.15, 0.2) is 24.0 Å². The van der Waals surface area contributed by atoms with Gasteiger partial charge in [-0.05, 0) is 13.3 Å². The van der Waals surface area contributed by atoms with Crippen LogP contribution in [0.2, 0.25) is 0 Å². The van der Waals surface area contributed by atoms with E-state index in [2.05, 4.69) is 43.0 Å². The van der Waals surface area contributed by atoms with Crippen LogP contribution in [0.3, 0.4) is 0 Å². The first kappa shape index (κ1) is 7.78. The molecule has 0 radical (unpaired) electrons. The molecule has 1 nitrogen and oxygen atoms in total. The molecule has 1 atom stereocenters. The maximum Gasteiger partial charge on any atom is 0.193 e. The van der Waals surface area contributed by atoms with Crippen LogP contribution in [0.25, 0.3) is 0 Å². The summed E-state index contributed by atoms with van der Waals surface area (Å²) < 4.78 is 2.27. The second kappa shape index (κ2) is 2.58. The smallest absolute Gasteiger partial charge is 0.174 e. The van der Waals surface area contributed by atoms with Gasteiger partial charge in [0, 0.05) is 18.6 Å². The van der Waals surface area contributed by atoms with Gasteiger partial charge in [0.2, 0.25) is 0 Å². The molecule has 0 saturated carbocycles.